The van der Waals surface area contributed by atoms with Gasteiger partial charge in [-0.05, 0) is 25.1 Å². The highest BCUT2D eigenvalue weighted by atomic mass is 32.1. The first kappa shape index (κ1) is 21.1. The lowest BCUT2D eigenvalue weighted by molar-refractivity contribution is -0.0980. The van der Waals surface area contributed by atoms with Crippen LogP contribution in [0.2, 0.25) is 0 Å². The van der Waals surface area contributed by atoms with E-state index in [-0.39, 0.29) is 18.5 Å². The Kier molecular flexibility index (Phi) is 7.74. The number of thiol groups is 1. The summed E-state index contributed by atoms with van der Waals surface area (Å²) < 4.78 is 0. The predicted molar refractivity (Wildman–Crippen MR) is 104 cm³/mol. The van der Waals surface area contributed by atoms with Gasteiger partial charge in [0.2, 0.25) is 0 Å². The molecule has 26 heavy (non-hydrogen) atoms. The van der Waals surface area contributed by atoms with E-state index in [1.165, 1.54) is 11.9 Å². The maximum Gasteiger partial charge on any atom is 0.256 e. The van der Waals surface area contributed by atoms with Crippen molar-refractivity contribution < 1.29 is 20.6 Å². The summed E-state index contributed by atoms with van der Waals surface area (Å²) in [5, 5.41) is 2.70. The number of hydrogen-bond acceptors (Lipinski definition) is 5. The zero-order valence-corrected chi connectivity index (χ0v) is 15.4. The molecule has 2 aromatic rings. The van der Waals surface area contributed by atoms with Crippen LogP contribution in [0.4, 0.5) is 0 Å². The molecule has 0 aromatic heterocycles. The van der Waals surface area contributed by atoms with E-state index in [1.54, 1.807) is 55.5 Å². The Hall–Kier alpha value is -2.93. The lowest BCUT2D eigenvalue weighted by atomic mass is 10.1. The molecule has 0 spiro atoms. The summed E-state index contributed by atoms with van der Waals surface area (Å²) in [4.78, 5) is 44.1. The molecule has 0 radical (unpaired) electrons. The minimum atomic E-state index is -1.24. The number of carbonyl (C=O) groups excluding carboxylic acids is 4. The van der Waals surface area contributed by atoms with Gasteiger partial charge in [-0.3, -0.25) is 14.4 Å². The largest absolute Gasteiger partial charge is 0.321 e. The smallest absolute Gasteiger partial charge is 0.256 e. The van der Waals surface area contributed by atoms with Gasteiger partial charge >= 0.3 is 0 Å². The molecule has 0 fully saturated rings. The van der Waals surface area contributed by atoms with E-state index in [0.717, 1.165) is 0 Å². The first-order chi connectivity index (χ1) is 12.4. The van der Waals surface area contributed by atoms with Gasteiger partial charge in [0.15, 0.2) is 11.3 Å². The van der Waals surface area contributed by atoms with Gasteiger partial charge < -0.3 is 15.0 Å². The highest BCUT2D eigenvalue weighted by Crippen LogP contribution is 2.20. The maximum absolute atomic E-state index is 12.7. The van der Waals surface area contributed by atoms with Crippen LogP contribution in [-0.2, 0) is 4.79 Å². The Bertz CT molecular complexity index is 784. The van der Waals surface area contributed by atoms with E-state index in [1.807, 2.05) is 12.9 Å². The summed E-state index contributed by atoms with van der Waals surface area (Å²) in [5.74, 6) is -0.764. The van der Waals surface area contributed by atoms with Crippen LogP contribution in [0, 0.1) is 0 Å². The predicted octanol–water partition coefficient (Wildman–Crippen LogP) is 2.67. The Morgan fingerprint density at radius 3 is 2.23 bits per heavy atom. The van der Waals surface area contributed by atoms with E-state index in [2.05, 4.69) is 17.9 Å². The number of nitrogens with one attached hydrogen (secondary N) is 1. The van der Waals surface area contributed by atoms with Crippen LogP contribution in [0.15, 0.2) is 54.6 Å². The molecule has 2 amide bonds. The number of nitrogens with zero attached hydrogens (tertiary/aromatic N) is 1. The van der Waals surface area contributed by atoms with E-state index in [9.17, 15) is 14.4 Å². The minimum Gasteiger partial charge on any atom is -0.321 e. The molecule has 0 saturated carbocycles. The molecule has 7 heteroatoms. The molecule has 1 unspecified atom stereocenters. The highest BCUT2D eigenvalue weighted by molar-refractivity contribution is 7.81. The Morgan fingerprint density at radius 1 is 1.12 bits per heavy atom. The summed E-state index contributed by atoms with van der Waals surface area (Å²) >= 11 is 4.41. The number of hydrogen-bond donors (Lipinski definition) is 2. The van der Waals surface area contributed by atoms with Gasteiger partial charge in [-0.15, -0.1) is 12.6 Å². The topological polar surface area (TPSA) is 83.6 Å². The minimum absolute atomic E-state index is 0. The molecule has 0 aliphatic heterocycles. The number of carbonyl (C=O) groups is 4. The van der Waals surface area contributed by atoms with Crippen LogP contribution in [-0.4, -0.2) is 41.8 Å². The van der Waals surface area contributed by atoms with E-state index < -0.39 is 10.9 Å². The van der Waals surface area contributed by atoms with Crippen molar-refractivity contribution in [1.29, 1.82) is 0 Å². The first-order valence-electron chi connectivity index (χ1n) is 7.58. The molecule has 1 atom stereocenters. The number of amides is 2. The van der Waals surface area contributed by atoms with Crippen molar-refractivity contribution in [3.05, 3.63) is 71.3 Å². The molecule has 6 nitrogen and oxygen atoms in total. The van der Waals surface area contributed by atoms with Crippen molar-refractivity contribution in [3.8, 4) is 0 Å². The Labute approximate surface area is 159 Å². The maximum atomic E-state index is 12.7. The van der Waals surface area contributed by atoms with Crippen molar-refractivity contribution >= 4 is 37.5 Å². The molecule has 0 heterocycles. The molecule has 0 saturated heterocycles. The van der Waals surface area contributed by atoms with Crippen LogP contribution >= 0.6 is 12.6 Å². The normalized spacial score (nSPS) is 12.0. The third-order valence-electron chi connectivity index (χ3n) is 3.66. The zero-order chi connectivity index (χ0) is 19.7. The highest BCUT2D eigenvalue weighted by Gasteiger charge is 2.32. The van der Waals surface area contributed by atoms with Crippen molar-refractivity contribution in [2.45, 2.75) is 11.9 Å². The molecular formula is C19H22N2O4S. The van der Waals surface area contributed by atoms with Crippen LogP contribution in [0.3, 0.4) is 0 Å². The average Bonchev–Trinajstić information content (AvgIpc) is 2.68. The number of rotatable bonds is 5. The second-order valence-electron chi connectivity index (χ2n) is 5.41. The number of aldehydes is 1. The van der Waals surface area contributed by atoms with E-state index >= 15 is 0 Å². The molecule has 2 aromatic carbocycles. The molecule has 1 N–H and O–H groups in total. The quantitative estimate of drug-likeness (QED) is 0.479. The van der Waals surface area contributed by atoms with Crippen molar-refractivity contribution in [3.63, 3.8) is 0 Å². The fourth-order valence-electron chi connectivity index (χ4n) is 2.13. The standard InChI is InChI=1S/C18H18N2O3S.CH2O.H2/c1-18(24,19-16(22)13-8-4-3-5-9-13)20(2)17(23)15-11-7-6-10-14(15)12-21;1-2;/h3-12,24H,1-2H3,(H,19,22);1H2;1H. The molecular weight excluding hydrogens is 352 g/mol. The summed E-state index contributed by atoms with van der Waals surface area (Å²) in [6.07, 6.45) is 0.624. The van der Waals surface area contributed by atoms with Gasteiger partial charge in [0.25, 0.3) is 11.8 Å². The van der Waals surface area contributed by atoms with E-state index in [0.29, 0.717) is 11.8 Å². The third-order valence-corrected chi connectivity index (χ3v) is 4.07. The van der Waals surface area contributed by atoms with Gasteiger partial charge in [-0.25, -0.2) is 0 Å². The lowest BCUT2D eigenvalue weighted by Crippen LogP contribution is -2.55. The van der Waals surface area contributed by atoms with Gasteiger partial charge in [0.1, 0.15) is 6.79 Å². The summed E-state index contributed by atoms with van der Waals surface area (Å²) in [6, 6.07) is 15.1. The monoisotopic (exact) mass is 374 g/mol. The molecule has 2 rings (SSSR count). The summed E-state index contributed by atoms with van der Waals surface area (Å²) in [6.45, 7) is 3.60. The van der Waals surface area contributed by atoms with Gasteiger partial charge in [0.05, 0.1) is 5.56 Å². The van der Waals surface area contributed by atoms with Crippen molar-refractivity contribution in [2.75, 3.05) is 7.05 Å². The lowest BCUT2D eigenvalue weighted by Gasteiger charge is -2.35. The molecule has 0 aliphatic carbocycles. The van der Waals surface area contributed by atoms with Gasteiger partial charge in [0, 0.05) is 19.6 Å². The fourth-order valence-corrected chi connectivity index (χ4v) is 2.33. The Morgan fingerprint density at radius 2 is 1.65 bits per heavy atom. The summed E-state index contributed by atoms with van der Waals surface area (Å²) in [5.41, 5.74) is 1.00. The average molecular weight is 374 g/mol. The fraction of sp³-hybridized carbons (Fsp3) is 0.158. The van der Waals surface area contributed by atoms with Crippen LogP contribution < -0.4 is 5.32 Å². The SMILES string of the molecule is C=O.CN(C(=O)c1ccccc1C=O)C(C)(S)NC(=O)c1ccccc1.[HH]. The Balaban J connectivity index is 0.00000218. The summed E-state index contributed by atoms with van der Waals surface area (Å²) in [7, 11) is 1.52. The molecule has 138 valence electrons. The van der Waals surface area contributed by atoms with Crippen molar-refractivity contribution in [1.82, 2.24) is 10.2 Å². The second kappa shape index (κ2) is 9.53. The van der Waals surface area contributed by atoms with Crippen molar-refractivity contribution in [2.24, 2.45) is 0 Å². The second-order valence-corrected chi connectivity index (χ2v) is 6.28. The molecule has 0 aliphatic rings. The number of benzene rings is 2. The van der Waals surface area contributed by atoms with Crippen LogP contribution in [0.1, 0.15) is 39.4 Å². The van der Waals surface area contributed by atoms with Crippen LogP contribution in [0.5, 0.6) is 0 Å². The first-order valence-corrected chi connectivity index (χ1v) is 8.02. The zero-order valence-electron chi connectivity index (χ0n) is 14.5. The molecule has 0 bridgehead atoms. The third kappa shape index (κ3) is 5.03. The van der Waals surface area contributed by atoms with Crippen LogP contribution in [0.25, 0.3) is 0 Å². The van der Waals surface area contributed by atoms with E-state index in [4.69, 9.17) is 4.79 Å². The van der Waals surface area contributed by atoms with Gasteiger partial charge in [-0.1, -0.05) is 36.4 Å². The van der Waals surface area contributed by atoms with Gasteiger partial charge in [-0.2, -0.15) is 0 Å².